The maximum absolute atomic E-state index is 13.6. The van der Waals surface area contributed by atoms with Crippen molar-refractivity contribution in [3.63, 3.8) is 0 Å². The molecule has 0 aliphatic rings. The number of hydrogen-bond donors (Lipinski definition) is 1. The van der Waals surface area contributed by atoms with Gasteiger partial charge in [0.25, 0.3) is 0 Å². The van der Waals surface area contributed by atoms with Crippen LogP contribution in [0.25, 0.3) is 0 Å². The third-order valence-electron chi connectivity index (χ3n) is 3.66. The Bertz CT molecular complexity index is 961. The zero-order valence-electron chi connectivity index (χ0n) is 14.5. The van der Waals surface area contributed by atoms with Crippen LogP contribution in [0.2, 0.25) is 0 Å². The fraction of sp³-hybridized carbons (Fsp3) is 0.105. The molecule has 0 fully saturated rings. The van der Waals surface area contributed by atoms with Gasteiger partial charge in [-0.05, 0) is 55.8 Å². The number of esters is 1. The molecule has 0 spiro atoms. The molecule has 0 saturated heterocycles. The first-order chi connectivity index (χ1) is 12.9. The highest BCUT2D eigenvalue weighted by atomic mass is 32.1. The SMILES string of the molecule is Cc1nc(N/N=C\c2ccc(OC(=O)c3c(F)cccc3F)cc2)sc1C. The molecule has 0 aliphatic heterocycles. The van der Waals surface area contributed by atoms with E-state index >= 15 is 0 Å². The average Bonchev–Trinajstić information content (AvgIpc) is 2.94. The van der Waals surface area contributed by atoms with Crippen molar-refractivity contribution in [1.82, 2.24) is 4.98 Å². The van der Waals surface area contributed by atoms with Gasteiger partial charge in [0.15, 0.2) is 0 Å². The van der Waals surface area contributed by atoms with Crippen molar-refractivity contribution in [3.05, 3.63) is 75.8 Å². The van der Waals surface area contributed by atoms with Crippen LogP contribution in [-0.2, 0) is 0 Å². The van der Waals surface area contributed by atoms with Crippen molar-refractivity contribution in [2.75, 3.05) is 5.43 Å². The molecule has 27 heavy (non-hydrogen) atoms. The molecule has 8 heteroatoms. The average molecular weight is 387 g/mol. The zero-order valence-corrected chi connectivity index (χ0v) is 15.3. The summed E-state index contributed by atoms with van der Waals surface area (Å²) < 4.78 is 32.2. The Balaban J connectivity index is 1.63. The summed E-state index contributed by atoms with van der Waals surface area (Å²) in [5.41, 5.74) is 3.82. The Morgan fingerprint density at radius 2 is 1.81 bits per heavy atom. The molecular weight excluding hydrogens is 372 g/mol. The first-order valence-electron chi connectivity index (χ1n) is 7.93. The summed E-state index contributed by atoms with van der Waals surface area (Å²) in [6.07, 6.45) is 1.58. The van der Waals surface area contributed by atoms with Gasteiger partial charge in [-0.1, -0.05) is 6.07 Å². The predicted octanol–water partition coefficient (Wildman–Crippen LogP) is 4.70. The molecule has 0 radical (unpaired) electrons. The minimum atomic E-state index is -1.09. The van der Waals surface area contributed by atoms with Gasteiger partial charge in [0.1, 0.15) is 22.9 Å². The summed E-state index contributed by atoms with van der Waals surface area (Å²) in [6, 6.07) is 9.51. The lowest BCUT2D eigenvalue weighted by atomic mass is 10.2. The Morgan fingerprint density at radius 3 is 2.41 bits per heavy atom. The van der Waals surface area contributed by atoms with Gasteiger partial charge in [-0.2, -0.15) is 5.10 Å². The van der Waals surface area contributed by atoms with Crippen LogP contribution in [0.5, 0.6) is 5.75 Å². The van der Waals surface area contributed by atoms with Gasteiger partial charge in [-0.15, -0.1) is 11.3 Å². The first-order valence-corrected chi connectivity index (χ1v) is 8.75. The van der Waals surface area contributed by atoms with Crippen LogP contribution >= 0.6 is 11.3 Å². The number of anilines is 1. The molecule has 3 aromatic rings. The number of aromatic nitrogens is 1. The van der Waals surface area contributed by atoms with Crippen LogP contribution in [0.1, 0.15) is 26.5 Å². The number of aryl methyl sites for hydroxylation is 2. The second kappa shape index (κ2) is 8.05. The standard InChI is InChI=1S/C19H15F2N3O2S/c1-11-12(2)27-19(23-11)24-22-10-13-6-8-14(9-7-13)26-18(25)17-15(20)4-3-5-16(17)21/h3-10H,1-2H3,(H,23,24)/b22-10-. The molecule has 0 atom stereocenters. The monoisotopic (exact) mass is 387 g/mol. The number of carbonyl (C=O) groups is 1. The lowest BCUT2D eigenvalue weighted by Crippen LogP contribution is -2.13. The highest BCUT2D eigenvalue weighted by Gasteiger charge is 2.19. The van der Waals surface area contributed by atoms with E-state index in [1.54, 1.807) is 18.3 Å². The molecule has 0 bridgehead atoms. The Labute approximate surface area is 158 Å². The quantitative estimate of drug-likeness (QED) is 0.298. The molecule has 3 rings (SSSR count). The van der Waals surface area contributed by atoms with Crippen LogP contribution in [0.3, 0.4) is 0 Å². The fourth-order valence-corrected chi connectivity index (χ4v) is 2.92. The molecule has 138 valence electrons. The first kappa shape index (κ1) is 18.7. The van der Waals surface area contributed by atoms with E-state index in [9.17, 15) is 13.6 Å². The van der Waals surface area contributed by atoms with Crippen LogP contribution in [0, 0.1) is 25.5 Å². The summed E-state index contributed by atoms with van der Waals surface area (Å²) in [6.45, 7) is 3.91. The number of hydrogen-bond acceptors (Lipinski definition) is 6. The van der Waals surface area contributed by atoms with Crippen molar-refractivity contribution in [2.45, 2.75) is 13.8 Å². The van der Waals surface area contributed by atoms with Crippen molar-refractivity contribution < 1.29 is 18.3 Å². The summed E-state index contributed by atoms with van der Waals surface area (Å²) in [5.74, 6) is -2.87. The molecule has 0 amide bonds. The maximum atomic E-state index is 13.6. The number of nitrogens with one attached hydrogen (secondary N) is 1. The normalized spacial score (nSPS) is 11.0. The predicted molar refractivity (Wildman–Crippen MR) is 101 cm³/mol. The van der Waals surface area contributed by atoms with E-state index in [1.165, 1.54) is 29.5 Å². The number of nitrogens with zero attached hydrogens (tertiary/aromatic N) is 2. The van der Waals surface area contributed by atoms with Crippen molar-refractivity contribution in [1.29, 1.82) is 0 Å². The number of benzene rings is 2. The molecule has 1 N–H and O–H groups in total. The summed E-state index contributed by atoms with van der Waals surface area (Å²) in [4.78, 5) is 17.4. The molecule has 2 aromatic carbocycles. The molecule has 1 aromatic heterocycles. The lowest BCUT2D eigenvalue weighted by molar-refractivity contribution is 0.0724. The maximum Gasteiger partial charge on any atom is 0.349 e. The zero-order chi connectivity index (χ0) is 19.4. The summed E-state index contributed by atoms with van der Waals surface area (Å²) in [5, 5.41) is 4.79. The number of hydrazone groups is 1. The van der Waals surface area contributed by atoms with Crippen molar-refractivity contribution in [2.24, 2.45) is 5.10 Å². The van der Waals surface area contributed by atoms with E-state index < -0.39 is 23.2 Å². The van der Waals surface area contributed by atoms with Gasteiger partial charge in [0.2, 0.25) is 5.13 Å². The summed E-state index contributed by atoms with van der Waals surface area (Å²) >= 11 is 1.50. The van der Waals surface area contributed by atoms with Gasteiger partial charge < -0.3 is 4.74 Å². The number of rotatable bonds is 5. The molecule has 0 saturated carbocycles. The second-order valence-electron chi connectivity index (χ2n) is 5.59. The Hall–Kier alpha value is -3.13. The Morgan fingerprint density at radius 1 is 1.15 bits per heavy atom. The van der Waals surface area contributed by atoms with Crippen LogP contribution in [0.4, 0.5) is 13.9 Å². The minimum absolute atomic E-state index is 0.166. The molecule has 1 heterocycles. The highest BCUT2D eigenvalue weighted by molar-refractivity contribution is 7.15. The lowest BCUT2D eigenvalue weighted by Gasteiger charge is -2.06. The highest BCUT2D eigenvalue weighted by Crippen LogP contribution is 2.21. The number of ether oxygens (including phenoxy) is 1. The molecule has 0 aliphatic carbocycles. The topological polar surface area (TPSA) is 63.6 Å². The van der Waals surface area contributed by atoms with Gasteiger partial charge in [-0.3, -0.25) is 5.43 Å². The third kappa shape index (κ3) is 4.53. The van der Waals surface area contributed by atoms with Gasteiger partial charge >= 0.3 is 5.97 Å². The van der Waals surface area contributed by atoms with Crippen LogP contribution in [-0.4, -0.2) is 17.2 Å². The van der Waals surface area contributed by atoms with E-state index in [-0.39, 0.29) is 5.75 Å². The smallest absolute Gasteiger partial charge is 0.349 e. The van der Waals surface area contributed by atoms with Crippen molar-refractivity contribution >= 4 is 28.7 Å². The Kier molecular flexibility index (Phi) is 5.56. The number of thiazole rings is 1. The van der Waals surface area contributed by atoms with Crippen molar-refractivity contribution in [3.8, 4) is 5.75 Å². The number of halogens is 2. The summed E-state index contributed by atoms with van der Waals surface area (Å²) in [7, 11) is 0. The van der Waals surface area contributed by atoms with Crippen LogP contribution in [0.15, 0.2) is 47.6 Å². The van der Waals surface area contributed by atoms with Gasteiger partial charge in [0.05, 0.1) is 11.9 Å². The van der Waals surface area contributed by atoms with E-state index in [0.29, 0.717) is 5.13 Å². The molecule has 0 unspecified atom stereocenters. The van der Waals surface area contributed by atoms with E-state index in [0.717, 1.165) is 28.3 Å². The van der Waals surface area contributed by atoms with Gasteiger partial charge in [-0.25, -0.2) is 18.6 Å². The molecular formula is C19H15F2N3O2S. The third-order valence-corrected chi connectivity index (χ3v) is 4.64. The number of carbonyl (C=O) groups excluding carboxylic acids is 1. The molecule has 5 nitrogen and oxygen atoms in total. The van der Waals surface area contributed by atoms with Crippen LogP contribution < -0.4 is 10.2 Å². The minimum Gasteiger partial charge on any atom is -0.423 e. The fourth-order valence-electron chi connectivity index (χ4n) is 2.16. The largest absolute Gasteiger partial charge is 0.423 e. The van der Waals surface area contributed by atoms with E-state index in [2.05, 4.69) is 15.5 Å². The van der Waals surface area contributed by atoms with Gasteiger partial charge in [0, 0.05) is 4.88 Å². The van der Waals surface area contributed by atoms with E-state index in [4.69, 9.17) is 4.74 Å². The second-order valence-corrected chi connectivity index (χ2v) is 6.79. The van der Waals surface area contributed by atoms with E-state index in [1.807, 2.05) is 13.8 Å².